The lowest BCUT2D eigenvalue weighted by molar-refractivity contribution is 0.168. The van der Waals surface area contributed by atoms with Gasteiger partial charge in [-0.15, -0.1) is 0 Å². The molecule has 0 amide bonds. The van der Waals surface area contributed by atoms with Gasteiger partial charge in [-0.3, -0.25) is 0 Å². The van der Waals surface area contributed by atoms with Crippen molar-refractivity contribution >= 4 is 10.8 Å². The zero-order valence-electron chi connectivity index (χ0n) is 9.28. The highest BCUT2D eigenvalue weighted by molar-refractivity contribution is 5.86. The van der Waals surface area contributed by atoms with Gasteiger partial charge in [-0.25, -0.2) is 4.39 Å². The molecule has 0 saturated heterocycles. The number of aliphatic hydroxyl groups excluding tert-OH is 1. The molecule has 0 aliphatic rings. The highest BCUT2D eigenvalue weighted by atomic mass is 19.1. The lowest BCUT2D eigenvalue weighted by Crippen LogP contribution is -1.98. The number of halogens is 1. The topological polar surface area (TPSA) is 20.2 Å². The van der Waals surface area contributed by atoms with Gasteiger partial charge in [0.1, 0.15) is 5.82 Å². The van der Waals surface area contributed by atoms with Crippen molar-refractivity contribution < 1.29 is 9.50 Å². The smallest absolute Gasteiger partial charge is 0.131 e. The first-order valence-corrected chi connectivity index (χ1v) is 5.59. The molecule has 0 radical (unpaired) electrons. The Labute approximate surface area is 94.5 Å². The quantitative estimate of drug-likeness (QED) is 0.830. The van der Waals surface area contributed by atoms with E-state index in [-0.39, 0.29) is 5.82 Å². The number of hydrogen-bond donors (Lipinski definition) is 1. The van der Waals surface area contributed by atoms with E-state index in [0.29, 0.717) is 11.8 Å². The Morgan fingerprint density at radius 3 is 2.56 bits per heavy atom. The Bertz CT molecular complexity index is 493. The van der Waals surface area contributed by atoms with E-state index in [9.17, 15) is 9.50 Å². The Hall–Kier alpha value is -1.41. The van der Waals surface area contributed by atoms with Crippen LogP contribution >= 0.6 is 0 Å². The van der Waals surface area contributed by atoms with Gasteiger partial charge in [-0.2, -0.15) is 0 Å². The molecule has 84 valence electrons. The van der Waals surface area contributed by atoms with Gasteiger partial charge in [0.25, 0.3) is 0 Å². The average Bonchev–Trinajstić information content (AvgIpc) is 2.29. The van der Waals surface area contributed by atoms with Crippen molar-refractivity contribution in [2.24, 2.45) is 0 Å². The fourth-order valence-electron chi connectivity index (χ4n) is 2.02. The zero-order valence-corrected chi connectivity index (χ0v) is 9.28. The molecule has 0 aliphatic carbocycles. The summed E-state index contributed by atoms with van der Waals surface area (Å²) in [7, 11) is 0. The van der Waals surface area contributed by atoms with Gasteiger partial charge in [-0.1, -0.05) is 43.7 Å². The van der Waals surface area contributed by atoms with Gasteiger partial charge >= 0.3 is 0 Å². The standard InChI is InChI=1S/C14H15FO/c1-2-5-14(16)12-8-3-7-11-10(12)6-4-9-13(11)15/h3-4,6-9,14,16H,2,5H2,1H3. The van der Waals surface area contributed by atoms with Gasteiger partial charge in [0.2, 0.25) is 0 Å². The minimum absolute atomic E-state index is 0.233. The summed E-state index contributed by atoms with van der Waals surface area (Å²) in [4.78, 5) is 0. The Balaban J connectivity index is 2.58. The molecule has 2 aromatic carbocycles. The molecule has 1 nitrogen and oxygen atoms in total. The third-order valence-electron chi connectivity index (χ3n) is 2.82. The van der Waals surface area contributed by atoms with E-state index in [1.54, 1.807) is 18.2 Å². The van der Waals surface area contributed by atoms with Crippen molar-refractivity contribution in [3.05, 3.63) is 47.8 Å². The predicted molar refractivity (Wildman–Crippen MR) is 63.8 cm³/mol. The third kappa shape index (κ3) is 1.93. The van der Waals surface area contributed by atoms with Crippen LogP contribution in [0.3, 0.4) is 0 Å². The summed E-state index contributed by atoms with van der Waals surface area (Å²) in [5, 5.41) is 11.4. The van der Waals surface area contributed by atoms with Crippen LogP contribution in [0.5, 0.6) is 0 Å². The molecule has 0 bridgehead atoms. The molecule has 1 unspecified atom stereocenters. The van der Waals surface area contributed by atoms with E-state index >= 15 is 0 Å². The molecule has 16 heavy (non-hydrogen) atoms. The molecule has 0 aliphatic heterocycles. The normalized spacial score (nSPS) is 12.9. The minimum Gasteiger partial charge on any atom is -0.388 e. The largest absolute Gasteiger partial charge is 0.388 e. The Kier molecular flexibility index (Phi) is 3.20. The number of fused-ring (bicyclic) bond motifs is 1. The lowest BCUT2D eigenvalue weighted by Gasteiger charge is -2.12. The van der Waals surface area contributed by atoms with E-state index < -0.39 is 6.10 Å². The van der Waals surface area contributed by atoms with Crippen LogP contribution < -0.4 is 0 Å². The molecule has 0 heterocycles. The maximum Gasteiger partial charge on any atom is 0.131 e. The first-order chi connectivity index (χ1) is 7.74. The summed E-state index contributed by atoms with van der Waals surface area (Å²) in [6.45, 7) is 2.02. The molecule has 1 atom stereocenters. The van der Waals surface area contributed by atoms with E-state index in [1.807, 2.05) is 19.1 Å². The highest BCUT2D eigenvalue weighted by Crippen LogP contribution is 2.28. The van der Waals surface area contributed by atoms with Crippen molar-refractivity contribution in [3.63, 3.8) is 0 Å². The van der Waals surface area contributed by atoms with Crippen LogP contribution in [-0.4, -0.2) is 5.11 Å². The van der Waals surface area contributed by atoms with Gasteiger partial charge in [0, 0.05) is 5.39 Å². The number of hydrogen-bond acceptors (Lipinski definition) is 1. The fourth-order valence-corrected chi connectivity index (χ4v) is 2.02. The van der Waals surface area contributed by atoms with Gasteiger partial charge in [0.15, 0.2) is 0 Å². The molecule has 0 aromatic heterocycles. The Morgan fingerprint density at radius 1 is 1.12 bits per heavy atom. The van der Waals surface area contributed by atoms with Crippen LogP contribution in [0.15, 0.2) is 36.4 Å². The maximum absolute atomic E-state index is 13.5. The molecule has 0 fully saturated rings. The highest BCUT2D eigenvalue weighted by Gasteiger charge is 2.11. The van der Waals surface area contributed by atoms with E-state index in [2.05, 4.69) is 0 Å². The first kappa shape index (κ1) is 11.1. The van der Waals surface area contributed by atoms with Gasteiger partial charge in [0.05, 0.1) is 6.10 Å². The van der Waals surface area contributed by atoms with E-state index in [4.69, 9.17) is 0 Å². The van der Waals surface area contributed by atoms with Crippen LogP contribution in [0.25, 0.3) is 10.8 Å². The summed E-state index contributed by atoms with van der Waals surface area (Å²) in [5.41, 5.74) is 0.818. The van der Waals surface area contributed by atoms with E-state index in [1.165, 1.54) is 6.07 Å². The van der Waals surface area contributed by atoms with Crippen molar-refractivity contribution in [2.45, 2.75) is 25.9 Å². The molecular weight excluding hydrogens is 203 g/mol. The summed E-state index contributed by atoms with van der Waals surface area (Å²) in [6.07, 6.45) is 1.11. The molecule has 0 saturated carbocycles. The summed E-state index contributed by atoms with van der Waals surface area (Å²) in [6, 6.07) is 10.4. The lowest BCUT2D eigenvalue weighted by atomic mass is 9.98. The van der Waals surface area contributed by atoms with Crippen LogP contribution in [-0.2, 0) is 0 Å². The average molecular weight is 218 g/mol. The molecular formula is C14H15FO. The van der Waals surface area contributed by atoms with Crippen molar-refractivity contribution in [1.29, 1.82) is 0 Å². The maximum atomic E-state index is 13.5. The molecule has 0 spiro atoms. The third-order valence-corrected chi connectivity index (χ3v) is 2.82. The zero-order chi connectivity index (χ0) is 11.5. The van der Waals surface area contributed by atoms with Crippen LogP contribution in [0.2, 0.25) is 0 Å². The fraction of sp³-hybridized carbons (Fsp3) is 0.286. The van der Waals surface area contributed by atoms with Crippen LogP contribution in [0, 0.1) is 5.82 Å². The summed E-state index contributed by atoms with van der Waals surface area (Å²) >= 11 is 0. The molecule has 1 N–H and O–H groups in total. The van der Waals surface area contributed by atoms with Gasteiger partial charge in [-0.05, 0) is 23.4 Å². The second kappa shape index (κ2) is 4.62. The number of rotatable bonds is 3. The van der Waals surface area contributed by atoms with Crippen LogP contribution in [0.4, 0.5) is 4.39 Å². The summed E-state index contributed by atoms with van der Waals surface area (Å²) in [5.74, 6) is -0.233. The van der Waals surface area contributed by atoms with Crippen molar-refractivity contribution in [1.82, 2.24) is 0 Å². The second-order valence-electron chi connectivity index (χ2n) is 3.99. The van der Waals surface area contributed by atoms with Crippen molar-refractivity contribution in [3.8, 4) is 0 Å². The minimum atomic E-state index is -0.504. The summed E-state index contributed by atoms with van der Waals surface area (Å²) < 4.78 is 13.5. The predicted octanol–water partition coefficient (Wildman–Crippen LogP) is 3.81. The number of benzene rings is 2. The van der Waals surface area contributed by atoms with E-state index in [0.717, 1.165) is 17.4 Å². The second-order valence-corrected chi connectivity index (χ2v) is 3.99. The molecule has 2 aromatic rings. The number of aliphatic hydroxyl groups is 1. The van der Waals surface area contributed by atoms with Crippen LogP contribution in [0.1, 0.15) is 31.4 Å². The van der Waals surface area contributed by atoms with Gasteiger partial charge < -0.3 is 5.11 Å². The molecule has 2 heteroatoms. The first-order valence-electron chi connectivity index (χ1n) is 5.59. The SMILES string of the molecule is CCCC(O)c1cccc2c(F)cccc12. The van der Waals surface area contributed by atoms with Crippen molar-refractivity contribution in [2.75, 3.05) is 0 Å². The Morgan fingerprint density at radius 2 is 1.81 bits per heavy atom. The molecule has 2 rings (SSSR count). The monoisotopic (exact) mass is 218 g/mol.